The predicted molar refractivity (Wildman–Crippen MR) is 92.7 cm³/mol. The lowest BCUT2D eigenvalue weighted by atomic mass is 10.1. The van der Waals surface area contributed by atoms with Crippen molar-refractivity contribution in [2.75, 3.05) is 5.73 Å². The molecule has 23 heavy (non-hydrogen) atoms. The molecule has 2 heterocycles. The molecule has 0 bridgehead atoms. The Hall–Kier alpha value is -2.67. The Kier molecular flexibility index (Phi) is 3.87. The highest BCUT2D eigenvalue weighted by molar-refractivity contribution is 7.13. The van der Waals surface area contributed by atoms with Crippen molar-refractivity contribution in [2.45, 2.75) is 20.4 Å². The number of rotatable bonds is 3. The minimum atomic E-state index is -0.516. The fraction of sp³-hybridized carbons (Fsp3) is 0.188. The normalized spacial score (nSPS) is 10.9. The monoisotopic (exact) mass is 328 g/mol. The van der Waals surface area contributed by atoms with Gasteiger partial charge in [-0.2, -0.15) is 0 Å². The molecule has 0 unspecified atom stereocenters. The highest BCUT2D eigenvalue weighted by Crippen LogP contribution is 2.29. The quantitative estimate of drug-likeness (QED) is 0.771. The van der Waals surface area contributed by atoms with Crippen LogP contribution in [0.2, 0.25) is 0 Å². The van der Waals surface area contributed by atoms with Crippen LogP contribution in [0.4, 0.5) is 5.82 Å². The van der Waals surface area contributed by atoms with Gasteiger partial charge in [-0.25, -0.2) is 9.78 Å². The van der Waals surface area contributed by atoms with E-state index in [0.717, 1.165) is 10.6 Å². The van der Waals surface area contributed by atoms with Gasteiger partial charge < -0.3 is 5.73 Å². The zero-order valence-corrected chi connectivity index (χ0v) is 13.6. The number of aryl methyl sites for hydroxylation is 1. The third-order valence-electron chi connectivity index (χ3n) is 3.61. The second-order valence-electron chi connectivity index (χ2n) is 5.17. The zero-order valence-electron chi connectivity index (χ0n) is 12.8. The van der Waals surface area contributed by atoms with Crippen molar-refractivity contribution < 1.29 is 0 Å². The van der Waals surface area contributed by atoms with Gasteiger partial charge in [-0.05, 0) is 13.8 Å². The van der Waals surface area contributed by atoms with Crippen LogP contribution in [-0.4, -0.2) is 14.5 Å². The molecule has 0 saturated carbocycles. The molecule has 3 N–H and O–H groups in total. The van der Waals surface area contributed by atoms with Gasteiger partial charge in [0, 0.05) is 17.5 Å². The molecule has 0 amide bonds. The molecular formula is C16H16N4O2S. The average molecular weight is 328 g/mol. The van der Waals surface area contributed by atoms with Gasteiger partial charge >= 0.3 is 5.69 Å². The Morgan fingerprint density at radius 3 is 2.61 bits per heavy atom. The van der Waals surface area contributed by atoms with Crippen LogP contribution in [-0.2, 0) is 6.54 Å². The number of nitrogens with one attached hydrogen (secondary N) is 1. The maximum absolute atomic E-state index is 12.1. The summed E-state index contributed by atoms with van der Waals surface area (Å²) in [5.74, 6) is 0.141. The van der Waals surface area contributed by atoms with E-state index in [1.165, 1.54) is 21.5 Å². The summed E-state index contributed by atoms with van der Waals surface area (Å²) >= 11 is 1.43. The van der Waals surface area contributed by atoms with Crippen LogP contribution in [0.3, 0.4) is 0 Å². The van der Waals surface area contributed by atoms with Crippen molar-refractivity contribution in [3.63, 3.8) is 0 Å². The van der Waals surface area contributed by atoms with Crippen molar-refractivity contribution in [3.05, 3.63) is 56.0 Å². The second-order valence-corrected chi connectivity index (χ2v) is 6.03. The summed E-state index contributed by atoms with van der Waals surface area (Å²) in [7, 11) is 0. The van der Waals surface area contributed by atoms with Crippen molar-refractivity contribution in [2.24, 2.45) is 0 Å². The number of benzene rings is 1. The molecule has 0 spiro atoms. The van der Waals surface area contributed by atoms with E-state index >= 15 is 0 Å². The number of H-pyrrole nitrogens is 1. The molecule has 0 aliphatic rings. The Labute approximate surface area is 136 Å². The van der Waals surface area contributed by atoms with E-state index in [2.05, 4.69) is 9.97 Å². The van der Waals surface area contributed by atoms with Crippen LogP contribution in [0.1, 0.15) is 12.5 Å². The van der Waals surface area contributed by atoms with Gasteiger partial charge in [0.25, 0.3) is 5.56 Å². The van der Waals surface area contributed by atoms with Gasteiger partial charge in [-0.3, -0.25) is 14.3 Å². The lowest BCUT2D eigenvalue weighted by Gasteiger charge is -2.08. The summed E-state index contributed by atoms with van der Waals surface area (Å²) in [6.07, 6.45) is 0. The first-order valence-electron chi connectivity index (χ1n) is 7.16. The third-order valence-corrected chi connectivity index (χ3v) is 4.51. The van der Waals surface area contributed by atoms with E-state index in [-0.39, 0.29) is 11.4 Å². The first-order valence-corrected chi connectivity index (χ1v) is 8.04. The summed E-state index contributed by atoms with van der Waals surface area (Å²) in [6, 6.07) is 7.99. The van der Waals surface area contributed by atoms with E-state index in [4.69, 9.17) is 5.73 Å². The zero-order chi connectivity index (χ0) is 16.6. The fourth-order valence-electron chi connectivity index (χ4n) is 2.37. The van der Waals surface area contributed by atoms with Gasteiger partial charge in [0.2, 0.25) is 0 Å². The predicted octanol–water partition coefficient (Wildman–Crippen LogP) is 2.24. The van der Waals surface area contributed by atoms with E-state index in [0.29, 0.717) is 12.2 Å². The van der Waals surface area contributed by atoms with Crippen LogP contribution >= 0.6 is 11.3 Å². The molecule has 0 radical (unpaired) electrons. The summed E-state index contributed by atoms with van der Waals surface area (Å²) in [4.78, 5) is 30.7. The van der Waals surface area contributed by atoms with Crippen LogP contribution in [0.25, 0.3) is 21.8 Å². The van der Waals surface area contributed by atoms with Crippen LogP contribution < -0.4 is 17.0 Å². The summed E-state index contributed by atoms with van der Waals surface area (Å²) in [6.45, 7) is 4.19. The molecule has 2 aromatic heterocycles. The standard InChI is InChI=1S/C16H16N4O2S/c1-3-20-13(17)12(14(21)19-16(20)22)11-8-23-15(18-11)10-6-4-9(2)5-7-10/h4-8H,3,17H2,1-2H3,(H,19,21,22). The molecule has 7 heteroatoms. The SMILES string of the molecule is CCn1c(N)c(-c2csc(-c3ccc(C)cc3)n2)c(=O)[nH]c1=O. The molecule has 0 aliphatic heterocycles. The Morgan fingerprint density at radius 2 is 1.96 bits per heavy atom. The fourth-order valence-corrected chi connectivity index (χ4v) is 3.18. The molecule has 0 fully saturated rings. The number of nitrogens with zero attached hydrogens (tertiary/aromatic N) is 2. The van der Waals surface area contributed by atoms with Crippen LogP contribution in [0.15, 0.2) is 39.2 Å². The van der Waals surface area contributed by atoms with Gasteiger partial charge in [0.05, 0.1) is 5.69 Å². The number of aromatic amines is 1. The second kappa shape index (κ2) is 5.85. The molecule has 0 atom stereocenters. The topological polar surface area (TPSA) is 93.8 Å². The lowest BCUT2D eigenvalue weighted by Crippen LogP contribution is -2.32. The summed E-state index contributed by atoms with van der Waals surface area (Å²) in [5, 5.41) is 2.58. The first kappa shape index (κ1) is 15.2. The number of hydrogen-bond acceptors (Lipinski definition) is 5. The molecule has 0 saturated heterocycles. The number of anilines is 1. The Balaban J connectivity index is 2.13. The summed E-state index contributed by atoms with van der Waals surface area (Å²) in [5.41, 5.74) is 7.84. The number of nitrogen functional groups attached to an aromatic ring is 1. The molecule has 1 aromatic carbocycles. The van der Waals surface area contributed by atoms with Crippen molar-refractivity contribution in [3.8, 4) is 21.8 Å². The highest BCUT2D eigenvalue weighted by atomic mass is 32.1. The van der Waals surface area contributed by atoms with Crippen LogP contribution in [0.5, 0.6) is 0 Å². The minimum absolute atomic E-state index is 0.141. The average Bonchev–Trinajstić information content (AvgIpc) is 2.97. The van der Waals surface area contributed by atoms with Gasteiger partial charge in [0.15, 0.2) is 0 Å². The lowest BCUT2D eigenvalue weighted by molar-refractivity contribution is 0.706. The van der Waals surface area contributed by atoms with Crippen molar-refractivity contribution >= 4 is 17.2 Å². The van der Waals surface area contributed by atoms with Crippen molar-refractivity contribution in [1.29, 1.82) is 0 Å². The van der Waals surface area contributed by atoms with Crippen molar-refractivity contribution in [1.82, 2.24) is 14.5 Å². The third kappa shape index (κ3) is 2.70. The molecule has 3 aromatic rings. The maximum Gasteiger partial charge on any atom is 0.329 e. The molecule has 3 rings (SSSR count). The Morgan fingerprint density at radius 1 is 1.26 bits per heavy atom. The van der Waals surface area contributed by atoms with Gasteiger partial charge in [-0.15, -0.1) is 11.3 Å². The largest absolute Gasteiger partial charge is 0.384 e. The molecule has 118 valence electrons. The smallest absolute Gasteiger partial charge is 0.329 e. The Bertz CT molecular complexity index is 967. The van der Waals surface area contributed by atoms with Gasteiger partial charge in [-0.1, -0.05) is 29.8 Å². The number of thiazole rings is 1. The molecule has 0 aliphatic carbocycles. The van der Waals surface area contributed by atoms with E-state index < -0.39 is 11.2 Å². The number of nitrogens with two attached hydrogens (primary N) is 1. The molecule has 6 nitrogen and oxygen atoms in total. The van der Waals surface area contributed by atoms with E-state index in [9.17, 15) is 9.59 Å². The van der Waals surface area contributed by atoms with Gasteiger partial charge in [0.1, 0.15) is 16.4 Å². The number of hydrogen-bond donors (Lipinski definition) is 2. The highest BCUT2D eigenvalue weighted by Gasteiger charge is 2.16. The summed E-state index contributed by atoms with van der Waals surface area (Å²) < 4.78 is 1.32. The van der Waals surface area contributed by atoms with Crippen LogP contribution in [0, 0.1) is 6.92 Å². The first-order chi connectivity index (χ1) is 11.0. The number of aromatic nitrogens is 3. The van der Waals surface area contributed by atoms with E-state index in [1.807, 2.05) is 31.2 Å². The molecular weight excluding hydrogens is 312 g/mol. The maximum atomic E-state index is 12.1. The van der Waals surface area contributed by atoms with E-state index in [1.54, 1.807) is 12.3 Å². The minimum Gasteiger partial charge on any atom is -0.384 e.